The molecular weight excluding hydrogens is 144 g/mol. The molecular formula is C3H10N2O3S. The van der Waals surface area contributed by atoms with Crippen molar-refractivity contribution < 1.29 is 13.5 Å². The minimum absolute atomic E-state index is 1.10. The van der Waals surface area contributed by atoms with Gasteiger partial charge in [-0.2, -0.15) is 0 Å². The minimum atomic E-state index is -3.68. The molecule has 0 aliphatic rings. The Morgan fingerprint density at radius 3 is 1.89 bits per heavy atom. The average molecular weight is 154 g/mol. The van der Waals surface area contributed by atoms with Crippen LogP contribution in [0, 0.1) is 0 Å². The van der Waals surface area contributed by atoms with Crippen LogP contribution in [0.1, 0.15) is 6.92 Å². The molecule has 5 N–H and O–H groups in total. The molecule has 0 aromatic rings. The van der Waals surface area contributed by atoms with E-state index < -0.39 is 21.5 Å². The van der Waals surface area contributed by atoms with E-state index in [4.69, 9.17) is 10.8 Å². The van der Waals surface area contributed by atoms with E-state index in [1.807, 2.05) is 0 Å². The number of nitrogens with two attached hydrogens (primary N) is 2. The third kappa shape index (κ3) is 2.75. The fourth-order valence-electron chi connectivity index (χ4n) is 0.194. The lowest BCUT2D eigenvalue weighted by atomic mass is 10.4. The van der Waals surface area contributed by atoms with Crippen LogP contribution in [0.3, 0.4) is 0 Å². The summed E-state index contributed by atoms with van der Waals surface area (Å²) >= 11 is 0. The van der Waals surface area contributed by atoms with E-state index in [1.54, 1.807) is 0 Å². The third-order valence-electron chi connectivity index (χ3n) is 0.999. The Labute approximate surface area is 53.7 Å². The molecule has 0 aliphatic carbocycles. The molecule has 0 fully saturated rings. The van der Waals surface area contributed by atoms with Gasteiger partial charge in [0.2, 0.25) is 10.0 Å². The van der Waals surface area contributed by atoms with Crippen LogP contribution in [0.25, 0.3) is 0 Å². The van der Waals surface area contributed by atoms with E-state index in [0.29, 0.717) is 0 Å². The van der Waals surface area contributed by atoms with E-state index in [1.165, 1.54) is 6.92 Å². The topological polar surface area (TPSA) is 106 Å². The van der Waals surface area contributed by atoms with Crippen molar-refractivity contribution in [3.05, 3.63) is 0 Å². The quantitative estimate of drug-likeness (QED) is 0.397. The lowest BCUT2D eigenvalue weighted by molar-refractivity contribution is 0.180. The van der Waals surface area contributed by atoms with Gasteiger partial charge >= 0.3 is 0 Å². The molecule has 0 aliphatic heterocycles. The Kier molecular flexibility index (Phi) is 2.56. The van der Waals surface area contributed by atoms with Gasteiger partial charge in [-0.25, -0.2) is 13.6 Å². The van der Waals surface area contributed by atoms with Crippen molar-refractivity contribution in [3.8, 4) is 0 Å². The molecule has 2 atom stereocenters. The van der Waals surface area contributed by atoms with Crippen LogP contribution in [-0.4, -0.2) is 25.0 Å². The summed E-state index contributed by atoms with van der Waals surface area (Å²) in [5, 5.41) is 12.0. The predicted molar refractivity (Wildman–Crippen MR) is 32.8 cm³/mol. The highest BCUT2D eigenvalue weighted by molar-refractivity contribution is 7.89. The molecule has 0 heterocycles. The van der Waals surface area contributed by atoms with Crippen LogP contribution in [0.5, 0.6) is 0 Å². The highest BCUT2D eigenvalue weighted by Crippen LogP contribution is 1.95. The Bertz CT molecular complexity index is 173. The molecule has 0 bridgehead atoms. The van der Waals surface area contributed by atoms with Gasteiger partial charge in [-0.3, -0.25) is 0 Å². The van der Waals surface area contributed by atoms with Crippen molar-refractivity contribution in [1.29, 1.82) is 0 Å². The van der Waals surface area contributed by atoms with Gasteiger partial charge < -0.3 is 10.8 Å². The number of rotatable bonds is 2. The normalized spacial score (nSPS) is 19.1. The molecule has 0 rings (SSSR count). The molecule has 0 aromatic heterocycles. The zero-order valence-corrected chi connectivity index (χ0v) is 5.80. The van der Waals surface area contributed by atoms with Crippen molar-refractivity contribution in [2.75, 3.05) is 0 Å². The summed E-state index contributed by atoms with van der Waals surface area (Å²) in [6.45, 7) is 1.24. The number of aliphatic hydroxyl groups is 1. The van der Waals surface area contributed by atoms with Crippen LogP contribution < -0.4 is 10.9 Å². The SMILES string of the molecule is C[C@@H]([C@@H](N)O)S(N)(=O)=O. The molecule has 0 saturated carbocycles. The largest absolute Gasteiger partial charge is 0.377 e. The van der Waals surface area contributed by atoms with Gasteiger partial charge in [0.1, 0.15) is 11.5 Å². The van der Waals surface area contributed by atoms with E-state index in [-0.39, 0.29) is 0 Å². The number of sulfonamides is 1. The Morgan fingerprint density at radius 1 is 1.56 bits per heavy atom. The lowest BCUT2D eigenvalue weighted by Crippen LogP contribution is -2.41. The summed E-state index contributed by atoms with van der Waals surface area (Å²) in [5.41, 5.74) is 4.82. The van der Waals surface area contributed by atoms with Crippen LogP contribution >= 0.6 is 0 Å². The summed E-state index contributed by atoms with van der Waals surface area (Å²) in [6, 6.07) is 0. The maximum absolute atomic E-state index is 10.3. The molecule has 6 heteroatoms. The lowest BCUT2D eigenvalue weighted by Gasteiger charge is -2.10. The van der Waals surface area contributed by atoms with Gasteiger partial charge in [0.25, 0.3) is 0 Å². The van der Waals surface area contributed by atoms with Crippen LogP contribution in [-0.2, 0) is 10.0 Å². The second kappa shape index (κ2) is 2.61. The number of hydrogen-bond donors (Lipinski definition) is 3. The zero-order chi connectivity index (χ0) is 7.65. The molecule has 0 amide bonds. The smallest absolute Gasteiger partial charge is 0.215 e. The van der Waals surface area contributed by atoms with Crippen LogP contribution in [0.15, 0.2) is 0 Å². The average Bonchev–Trinajstić information content (AvgIpc) is 1.62. The molecule has 0 saturated heterocycles. The van der Waals surface area contributed by atoms with E-state index in [2.05, 4.69) is 5.14 Å². The van der Waals surface area contributed by atoms with Gasteiger partial charge in [0.15, 0.2) is 0 Å². The molecule has 0 spiro atoms. The summed E-state index contributed by atoms with van der Waals surface area (Å²) in [7, 11) is -3.68. The Hall–Kier alpha value is -0.170. The van der Waals surface area contributed by atoms with E-state index >= 15 is 0 Å². The second-order valence-electron chi connectivity index (χ2n) is 1.78. The van der Waals surface area contributed by atoms with Crippen molar-refractivity contribution in [2.24, 2.45) is 10.9 Å². The standard InChI is InChI=1S/C3H10N2O3S/c1-2(3(4)6)9(5,7)8/h2-3,6H,4H2,1H3,(H2,5,7,8)/t2-,3-/m0/s1. The van der Waals surface area contributed by atoms with E-state index in [0.717, 1.165) is 0 Å². The van der Waals surface area contributed by atoms with Crippen molar-refractivity contribution in [3.63, 3.8) is 0 Å². The van der Waals surface area contributed by atoms with E-state index in [9.17, 15) is 8.42 Å². The Balaban J connectivity index is 4.24. The van der Waals surface area contributed by atoms with Gasteiger partial charge in [0.05, 0.1) is 0 Å². The summed E-state index contributed by atoms with van der Waals surface area (Å²) in [5.74, 6) is 0. The second-order valence-corrected chi connectivity index (χ2v) is 3.71. The minimum Gasteiger partial charge on any atom is -0.377 e. The highest BCUT2D eigenvalue weighted by Gasteiger charge is 2.20. The molecule has 9 heavy (non-hydrogen) atoms. The van der Waals surface area contributed by atoms with Gasteiger partial charge in [-0.15, -0.1) is 0 Å². The van der Waals surface area contributed by atoms with Gasteiger partial charge in [-0.1, -0.05) is 0 Å². The van der Waals surface area contributed by atoms with Gasteiger partial charge in [0, 0.05) is 0 Å². The first-order valence-electron chi connectivity index (χ1n) is 2.31. The van der Waals surface area contributed by atoms with Gasteiger partial charge in [-0.05, 0) is 6.92 Å². The van der Waals surface area contributed by atoms with Crippen LogP contribution in [0.2, 0.25) is 0 Å². The predicted octanol–water partition coefficient (Wildman–Crippen LogP) is -2.06. The summed E-state index contributed by atoms with van der Waals surface area (Å²) in [4.78, 5) is 0. The number of aliphatic hydroxyl groups excluding tert-OH is 1. The fraction of sp³-hybridized carbons (Fsp3) is 1.00. The maximum atomic E-state index is 10.3. The molecule has 0 aromatic carbocycles. The Morgan fingerprint density at radius 2 is 1.89 bits per heavy atom. The molecule has 0 radical (unpaired) electrons. The first-order valence-corrected chi connectivity index (χ1v) is 3.92. The molecule has 0 unspecified atom stereocenters. The zero-order valence-electron chi connectivity index (χ0n) is 4.98. The maximum Gasteiger partial charge on any atom is 0.215 e. The van der Waals surface area contributed by atoms with Crippen molar-refractivity contribution in [1.82, 2.24) is 0 Å². The fourth-order valence-corrected chi connectivity index (χ4v) is 0.583. The summed E-state index contributed by atoms with van der Waals surface area (Å²) < 4.78 is 20.6. The molecule has 5 nitrogen and oxygen atoms in total. The highest BCUT2D eigenvalue weighted by atomic mass is 32.2. The number of hydrogen-bond acceptors (Lipinski definition) is 4. The number of primary sulfonamides is 1. The first kappa shape index (κ1) is 8.83. The van der Waals surface area contributed by atoms with Crippen LogP contribution in [0.4, 0.5) is 0 Å². The third-order valence-corrected chi connectivity index (χ3v) is 2.31. The molecule has 56 valence electrons. The summed E-state index contributed by atoms with van der Waals surface area (Å²) in [6.07, 6.45) is -1.40. The first-order chi connectivity index (χ1) is 3.85. The monoisotopic (exact) mass is 154 g/mol. The van der Waals surface area contributed by atoms with Crippen molar-refractivity contribution >= 4 is 10.0 Å². The van der Waals surface area contributed by atoms with Crippen molar-refractivity contribution in [2.45, 2.75) is 18.4 Å².